The van der Waals surface area contributed by atoms with E-state index in [9.17, 15) is 9.59 Å². The Balaban J connectivity index is -0.000000603. The van der Waals surface area contributed by atoms with Gasteiger partial charge in [0.2, 0.25) is 0 Å². The number of hydrogen-bond acceptors (Lipinski definition) is 4. The fourth-order valence-corrected chi connectivity index (χ4v) is 4.59. The van der Waals surface area contributed by atoms with Crippen LogP contribution < -0.4 is 5.73 Å². The van der Waals surface area contributed by atoms with Gasteiger partial charge in [-0.2, -0.15) is 0 Å². The summed E-state index contributed by atoms with van der Waals surface area (Å²) in [5.41, 5.74) is 4.78. The molecular weight excluding hydrogens is 502 g/mol. The van der Waals surface area contributed by atoms with Gasteiger partial charge in [-0.3, -0.25) is 9.59 Å². The van der Waals surface area contributed by atoms with Crippen molar-refractivity contribution in [2.24, 2.45) is 5.73 Å². The molecule has 0 saturated carbocycles. The highest BCUT2D eigenvalue weighted by Crippen LogP contribution is 2.14. The van der Waals surface area contributed by atoms with Gasteiger partial charge in [0.25, 0.3) is 0 Å². The number of aliphatic carboxylic acids is 2. The third-order valence-corrected chi connectivity index (χ3v) is 7.12. The van der Waals surface area contributed by atoms with E-state index < -0.39 is 11.9 Å². The van der Waals surface area contributed by atoms with E-state index in [0.29, 0.717) is 19.4 Å². The second-order valence-corrected chi connectivity index (χ2v) is 11.3. The van der Waals surface area contributed by atoms with Crippen molar-refractivity contribution < 1.29 is 24.9 Å². The molecule has 242 valence electrons. The van der Waals surface area contributed by atoms with E-state index in [2.05, 4.69) is 13.8 Å². The molecule has 0 atom stereocenters. The molecule has 0 saturated heterocycles. The smallest absolute Gasteiger partial charge is 0.303 e. The third kappa shape index (κ3) is 53.2. The fourth-order valence-electron chi connectivity index (χ4n) is 4.59. The van der Waals surface area contributed by atoms with Crippen LogP contribution in [0.1, 0.15) is 194 Å². The van der Waals surface area contributed by atoms with Crippen molar-refractivity contribution in [2.45, 2.75) is 194 Å². The summed E-state index contributed by atoms with van der Waals surface area (Å²) < 4.78 is 0. The van der Waals surface area contributed by atoms with Gasteiger partial charge in [-0.1, -0.05) is 168 Å². The number of carbonyl (C=O) groups is 2. The van der Waals surface area contributed by atoms with E-state index in [1.165, 1.54) is 141 Å². The Morgan fingerprint density at radius 1 is 0.425 bits per heavy atom. The number of nitrogens with two attached hydrogens (primary N) is 1. The lowest BCUT2D eigenvalue weighted by Gasteiger charge is -2.02. The Morgan fingerprint density at radius 2 is 0.600 bits per heavy atom. The molecule has 6 heteroatoms. The highest BCUT2D eigenvalue weighted by molar-refractivity contribution is 5.66. The average Bonchev–Trinajstić information content (AvgIpc) is 2.94. The number of aliphatic hydroxyl groups is 1. The maximum Gasteiger partial charge on any atom is 0.303 e. The number of carboxylic acid groups (broad SMARTS) is 2. The first-order valence-electron chi connectivity index (χ1n) is 17.2. The largest absolute Gasteiger partial charge is 0.481 e. The lowest BCUT2D eigenvalue weighted by molar-refractivity contribution is -0.138. The van der Waals surface area contributed by atoms with Crippen molar-refractivity contribution in [3.8, 4) is 0 Å². The van der Waals surface area contributed by atoms with Crippen LogP contribution in [0.5, 0.6) is 0 Å². The average molecular weight is 574 g/mol. The first-order chi connectivity index (χ1) is 19.5. The number of hydrogen-bond donors (Lipinski definition) is 4. The minimum atomic E-state index is -0.655. The van der Waals surface area contributed by atoms with Gasteiger partial charge in [0.1, 0.15) is 0 Å². The van der Waals surface area contributed by atoms with Gasteiger partial charge in [0.15, 0.2) is 0 Å². The Bertz CT molecular complexity index is 431. The minimum Gasteiger partial charge on any atom is -0.481 e. The summed E-state index contributed by atoms with van der Waals surface area (Å²) in [6, 6.07) is 0. The Kier molecular flexibility index (Phi) is 45.8. The van der Waals surface area contributed by atoms with E-state index in [4.69, 9.17) is 21.1 Å². The van der Waals surface area contributed by atoms with Crippen molar-refractivity contribution >= 4 is 11.9 Å². The molecule has 5 N–H and O–H groups in total. The van der Waals surface area contributed by atoms with Gasteiger partial charge >= 0.3 is 11.9 Å². The van der Waals surface area contributed by atoms with Gasteiger partial charge in [-0.25, -0.2) is 0 Å². The SMILES string of the molecule is CCCCCCCCCCCCCCCC(=O)O.CCCCCCCCCCCCCCCC(=O)O.NCCO. The molecule has 0 fully saturated rings. The summed E-state index contributed by atoms with van der Waals surface area (Å²) >= 11 is 0. The van der Waals surface area contributed by atoms with Crippen molar-refractivity contribution in [3.63, 3.8) is 0 Å². The zero-order valence-electron chi connectivity index (χ0n) is 26.9. The quantitative estimate of drug-likeness (QED) is 0.0660. The van der Waals surface area contributed by atoms with E-state index in [1.54, 1.807) is 0 Å². The standard InChI is InChI=1S/2C16H32O2.C2H7NO/c2*1-2-3-4-5-6-7-8-9-10-11-12-13-14-15-16(17)18;3-1-2-4/h2*2-15H2,1H3,(H,17,18);4H,1-3H2. The van der Waals surface area contributed by atoms with Crippen LogP contribution in [0.4, 0.5) is 0 Å². The van der Waals surface area contributed by atoms with Crippen molar-refractivity contribution in [1.29, 1.82) is 0 Å². The third-order valence-electron chi connectivity index (χ3n) is 7.12. The van der Waals surface area contributed by atoms with Crippen LogP contribution in [0.2, 0.25) is 0 Å². The van der Waals surface area contributed by atoms with Crippen molar-refractivity contribution in [3.05, 3.63) is 0 Å². The molecule has 0 bridgehead atoms. The summed E-state index contributed by atoms with van der Waals surface area (Å²) in [5, 5.41) is 24.7. The van der Waals surface area contributed by atoms with Crippen molar-refractivity contribution in [1.82, 2.24) is 0 Å². The van der Waals surface area contributed by atoms with Gasteiger partial charge in [-0.15, -0.1) is 0 Å². The molecular formula is C34H71NO5. The Labute approximate surface area is 249 Å². The van der Waals surface area contributed by atoms with Gasteiger partial charge in [-0.05, 0) is 12.8 Å². The second-order valence-electron chi connectivity index (χ2n) is 11.3. The van der Waals surface area contributed by atoms with Crippen LogP contribution in [0.25, 0.3) is 0 Å². The normalized spacial score (nSPS) is 10.4. The summed E-state index contributed by atoms with van der Waals surface area (Å²) in [5.74, 6) is -1.31. The molecule has 0 heterocycles. The maximum absolute atomic E-state index is 10.3. The zero-order valence-corrected chi connectivity index (χ0v) is 26.9. The molecule has 0 aliphatic heterocycles. The Morgan fingerprint density at radius 3 is 0.750 bits per heavy atom. The first kappa shape index (κ1) is 43.3. The second kappa shape index (κ2) is 42.3. The van der Waals surface area contributed by atoms with E-state index >= 15 is 0 Å². The molecule has 0 aliphatic rings. The number of aliphatic hydroxyl groups excluding tert-OH is 1. The van der Waals surface area contributed by atoms with E-state index in [0.717, 1.165) is 25.7 Å². The molecule has 6 nitrogen and oxygen atoms in total. The van der Waals surface area contributed by atoms with Gasteiger partial charge in [0, 0.05) is 19.4 Å². The van der Waals surface area contributed by atoms with Gasteiger partial charge < -0.3 is 21.1 Å². The molecule has 0 aromatic heterocycles. The van der Waals surface area contributed by atoms with Crippen LogP contribution in [-0.4, -0.2) is 40.4 Å². The molecule has 0 aromatic rings. The van der Waals surface area contributed by atoms with E-state index in [1.807, 2.05) is 0 Å². The molecule has 0 rings (SSSR count). The summed E-state index contributed by atoms with van der Waals surface area (Å²) in [4.78, 5) is 20.6. The van der Waals surface area contributed by atoms with E-state index in [-0.39, 0.29) is 6.61 Å². The molecule has 0 unspecified atom stereocenters. The topological polar surface area (TPSA) is 121 Å². The van der Waals surface area contributed by atoms with Crippen LogP contribution in [0.15, 0.2) is 0 Å². The highest BCUT2D eigenvalue weighted by Gasteiger charge is 1.98. The van der Waals surface area contributed by atoms with Crippen molar-refractivity contribution in [2.75, 3.05) is 13.2 Å². The molecule has 0 radical (unpaired) electrons. The molecule has 0 aromatic carbocycles. The molecule has 0 spiro atoms. The predicted octanol–water partition coefficient (Wildman–Crippen LogP) is 10.0. The molecule has 40 heavy (non-hydrogen) atoms. The monoisotopic (exact) mass is 574 g/mol. The number of carboxylic acids is 2. The zero-order chi connectivity index (χ0) is 30.4. The van der Waals surface area contributed by atoms with Crippen LogP contribution >= 0.6 is 0 Å². The lowest BCUT2D eigenvalue weighted by Crippen LogP contribution is -2.02. The highest BCUT2D eigenvalue weighted by atomic mass is 16.4. The number of unbranched alkanes of at least 4 members (excludes halogenated alkanes) is 24. The predicted molar refractivity (Wildman–Crippen MR) is 172 cm³/mol. The lowest BCUT2D eigenvalue weighted by atomic mass is 10.0. The van der Waals surface area contributed by atoms with Crippen LogP contribution in [0, 0.1) is 0 Å². The Hall–Kier alpha value is -1.14. The first-order valence-corrected chi connectivity index (χ1v) is 17.2. The summed E-state index contributed by atoms with van der Waals surface area (Å²) in [6.07, 6.45) is 34.5. The molecule has 0 aliphatic carbocycles. The summed E-state index contributed by atoms with van der Waals surface area (Å²) in [6.45, 7) is 4.99. The number of rotatable bonds is 29. The van der Waals surface area contributed by atoms with Crippen LogP contribution in [0.3, 0.4) is 0 Å². The fraction of sp³-hybridized carbons (Fsp3) is 0.941. The molecule has 0 amide bonds. The summed E-state index contributed by atoms with van der Waals surface area (Å²) in [7, 11) is 0. The van der Waals surface area contributed by atoms with Crippen LogP contribution in [-0.2, 0) is 9.59 Å². The van der Waals surface area contributed by atoms with Gasteiger partial charge in [0.05, 0.1) is 6.61 Å². The maximum atomic E-state index is 10.3. The minimum absolute atomic E-state index is 0.0972.